The highest BCUT2D eigenvalue weighted by molar-refractivity contribution is 5.82. The van der Waals surface area contributed by atoms with Gasteiger partial charge in [0.05, 0.1) is 6.04 Å². The third-order valence-electron chi connectivity index (χ3n) is 1.83. The molecule has 0 saturated carbocycles. The van der Waals surface area contributed by atoms with Gasteiger partial charge in [0, 0.05) is 0 Å². The van der Waals surface area contributed by atoms with E-state index in [1.165, 1.54) is 17.6 Å². The Bertz CT molecular complexity index is 310. The number of carbonyl (C=O) groups is 1. The number of carbonyl (C=O) groups excluding carboxylic acids is 1. The molecule has 4 N–H and O–H groups in total. The molecule has 0 heterocycles. The lowest BCUT2D eigenvalue weighted by Gasteiger charge is -2.14. The molecule has 0 saturated heterocycles. The second kappa shape index (κ2) is 4.59. The van der Waals surface area contributed by atoms with Crippen LogP contribution in [0.15, 0.2) is 24.3 Å². The molecule has 1 aromatic rings. The van der Waals surface area contributed by atoms with E-state index < -0.39 is 11.9 Å². The van der Waals surface area contributed by atoms with E-state index in [9.17, 15) is 10.0 Å². The van der Waals surface area contributed by atoms with Gasteiger partial charge in [-0.1, -0.05) is 12.1 Å². The third kappa shape index (κ3) is 2.72. The first-order chi connectivity index (χ1) is 6.63. The minimum atomic E-state index is -0.850. The Hall–Kier alpha value is -1.59. The first-order valence-corrected chi connectivity index (χ1v) is 4.09. The monoisotopic (exact) mass is 195 g/mol. The van der Waals surface area contributed by atoms with Gasteiger partial charge in [-0.15, -0.1) is 0 Å². The lowest BCUT2D eigenvalue weighted by molar-refractivity contribution is -0.121. The van der Waals surface area contributed by atoms with Gasteiger partial charge in [-0.25, -0.2) is 0 Å². The molecular weight excluding hydrogens is 184 g/mol. The second-order valence-corrected chi connectivity index (χ2v) is 2.94. The van der Waals surface area contributed by atoms with Crippen molar-refractivity contribution >= 4 is 5.91 Å². The van der Waals surface area contributed by atoms with Gasteiger partial charge in [0.15, 0.2) is 0 Å². The van der Waals surface area contributed by atoms with Crippen molar-refractivity contribution in [1.82, 2.24) is 5.48 Å². The van der Waals surface area contributed by atoms with Crippen LogP contribution in [-0.2, 0) is 11.2 Å². The van der Waals surface area contributed by atoms with E-state index in [2.05, 4.69) is 0 Å². The van der Waals surface area contributed by atoms with Gasteiger partial charge in [0.1, 0.15) is 5.75 Å². The molecule has 0 unspecified atom stereocenters. The minimum Gasteiger partial charge on any atom is -0.759 e. The van der Waals surface area contributed by atoms with Crippen molar-refractivity contribution in [3.63, 3.8) is 0 Å². The molecule has 0 bridgehead atoms. The molecule has 5 heteroatoms. The summed E-state index contributed by atoms with van der Waals surface area (Å²) in [7, 11) is 0. The highest BCUT2D eigenvalue weighted by Gasteiger charge is 2.10. The topological polar surface area (TPSA) is 98.4 Å². The zero-order valence-corrected chi connectivity index (χ0v) is 7.43. The van der Waals surface area contributed by atoms with Crippen LogP contribution in [0, 0.1) is 5.21 Å². The molecule has 0 aliphatic rings. The number of hydroxylamine groups is 1. The summed E-state index contributed by atoms with van der Waals surface area (Å²) < 4.78 is 0. The van der Waals surface area contributed by atoms with Crippen LogP contribution >= 0.6 is 0 Å². The smallest absolute Gasteiger partial charge is 0.226 e. The fourth-order valence-electron chi connectivity index (χ4n) is 1.05. The van der Waals surface area contributed by atoms with Crippen LogP contribution in [0.1, 0.15) is 5.56 Å². The molecule has 0 fully saturated rings. The molecule has 1 amide bonds. The van der Waals surface area contributed by atoms with E-state index in [0.717, 1.165) is 5.56 Å². The predicted molar refractivity (Wildman–Crippen MR) is 51.3 cm³/mol. The predicted octanol–water partition coefficient (Wildman–Crippen LogP) is -0.124. The fourth-order valence-corrected chi connectivity index (χ4v) is 1.05. The van der Waals surface area contributed by atoms with Crippen molar-refractivity contribution in [2.24, 2.45) is 5.73 Å². The SMILES string of the molecule is N[C@@H](Cc1ccc(O)cc1)C(=O)N[O-]. The number of benzene rings is 1. The lowest BCUT2D eigenvalue weighted by atomic mass is 10.1. The third-order valence-corrected chi connectivity index (χ3v) is 1.83. The van der Waals surface area contributed by atoms with Crippen molar-refractivity contribution in [2.75, 3.05) is 0 Å². The van der Waals surface area contributed by atoms with Crippen molar-refractivity contribution in [2.45, 2.75) is 12.5 Å². The maximum Gasteiger partial charge on any atom is 0.226 e. The summed E-state index contributed by atoms with van der Waals surface area (Å²) in [4.78, 5) is 10.8. The maximum absolute atomic E-state index is 10.8. The highest BCUT2D eigenvalue weighted by atomic mass is 16.5. The van der Waals surface area contributed by atoms with Crippen molar-refractivity contribution in [3.8, 4) is 5.75 Å². The summed E-state index contributed by atoms with van der Waals surface area (Å²) in [5.41, 5.74) is 7.45. The number of nitrogens with one attached hydrogen (secondary N) is 1. The van der Waals surface area contributed by atoms with Gasteiger partial charge >= 0.3 is 0 Å². The number of nitrogens with two attached hydrogens (primary N) is 1. The maximum atomic E-state index is 10.8. The summed E-state index contributed by atoms with van der Waals surface area (Å²) >= 11 is 0. The summed E-state index contributed by atoms with van der Waals surface area (Å²) in [5, 5.41) is 19.0. The number of hydrogen-bond donors (Lipinski definition) is 3. The largest absolute Gasteiger partial charge is 0.759 e. The van der Waals surface area contributed by atoms with Crippen LogP contribution in [0.25, 0.3) is 0 Å². The van der Waals surface area contributed by atoms with Crippen LogP contribution < -0.4 is 11.2 Å². The Labute approximate surface area is 81.1 Å². The molecule has 1 rings (SSSR count). The Balaban J connectivity index is 2.60. The van der Waals surface area contributed by atoms with Crippen LogP contribution in [0.5, 0.6) is 5.75 Å². The Kier molecular flexibility index (Phi) is 3.44. The summed E-state index contributed by atoms with van der Waals surface area (Å²) in [5.74, 6) is -0.589. The number of aromatic hydroxyl groups is 1. The molecule has 0 spiro atoms. The normalized spacial score (nSPS) is 12.1. The average Bonchev–Trinajstić information content (AvgIpc) is 2.20. The van der Waals surface area contributed by atoms with Crippen molar-refractivity contribution < 1.29 is 9.90 Å². The number of phenolic OH excluding ortho intramolecular Hbond substituents is 1. The number of rotatable bonds is 3. The van der Waals surface area contributed by atoms with E-state index in [1.54, 1.807) is 12.1 Å². The second-order valence-electron chi connectivity index (χ2n) is 2.94. The number of hydrogen-bond acceptors (Lipinski definition) is 4. The summed E-state index contributed by atoms with van der Waals surface area (Å²) in [6, 6.07) is 5.44. The first-order valence-electron chi connectivity index (χ1n) is 4.09. The first kappa shape index (κ1) is 10.5. The molecule has 5 nitrogen and oxygen atoms in total. The van der Waals surface area contributed by atoms with Crippen molar-refractivity contribution in [3.05, 3.63) is 35.0 Å². The van der Waals surface area contributed by atoms with E-state index in [1.807, 2.05) is 0 Å². The van der Waals surface area contributed by atoms with Gasteiger partial charge in [-0.2, -0.15) is 0 Å². The van der Waals surface area contributed by atoms with Crippen LogP contribution in [-0.4, -0.2) is 17.1 Å². The van der Waals surface area contributed by atoms with Gasteiger partial charge in [-0.05, 0) is 24.1 Å². The zero-order valence-electron chi connectivity index (χ0n) is 7.43. The molecule has 0 radical (unpaired) electrons. The molecule has 0 aliphatic carbocycles. The van der Waals surface area contributed by atoms with Gasteiger partial charge in [0.2, 0.25) is 5.91 Å². The van der Waals surface area contributed by atoms with E-state index in [4.69, 9.17) is 10.8 Å². The van der Waals surface area contributed by atoms with Crippen LogP contribution in [0.4, 0.5) is 0 Å². The van der Waals surface area contributed by atoms with Gasteiger partial charge < -0.3 is 21.5 Å². The Morgan fingerprint density at radius 1 is 1.50 bits per heavy atom. The number of amides is 1. The Morgan fingerprint density at radius 2 is 2.07 bits per heavy atom. The minimum absolute atomic E-state index is 0.149. The standard InChI is InChI=1S/C9H11N2O3/c10-8(9(13)11-14)5-6-1-3-7(12)4-2-6/h1-4,8H,5,10H2,(H2-,11,12,13,14)/q-1/t8-/m0/s1. The molecule has 0 aliphatic heterocycles. The highest BCUT2D eigenvalue weighted by Crippen LogP contribution is 2.10. The van der Waals surface area contributed by atoms with Gasteiger partial charge in [-0.3, -0.25) is 4.79 Å². The molecule has 14 heavy (non-hydrogen) atoms. The zero-order chi connectivity index (χ0) is 10.6. The Morgan fingerprint density at radius 3 is 2.57 bits per heavy atom. The lowest BCUT2D eigenvalue weighted by Crippen LogP contribution is -2.39. The van der Waals surface area contributed by atoms with E-state index >= 15 is 0 Å². The average molecular weight is 195 g/mol. The quantitative estimate of drug-likeness (QED) is 0.585. The van der Waals surface area contributed by atoms with Gasteiger partial charge in [0.25, 0.3) is 0 Å². The van der Waals surface area contributed by atoms with Crippen molar-refractivity contribution in [1.29, 1.82) is 0 Å². The summed E-state index contributed by atoms with van der Waals surface area (Å²) in [6.45, 7) is 0. The number of phenols is 1. The van der Waals surface area contributed by atoms with E-state index in [0.29, 0.717) is 0 Å². The molecule has 76 valence electrons. The molecule has 1 atom stereocenters. The van der Waals surface area contributed by atoms with E-state index in [-0.39, 0.29) is 12.2 Å². The van der Waals surface area contributed by atoms with Crippen LogP contribution in [0.2, 0.25) is 0 Å². The van der Waals surface area contributed by atoms with Crippen LogP contribution in [0.3, 0.4) is 0 Å². The molecular formula is C9H11N2O3-. The summed E-state index contributed by atoms with van der Waals surface area (Å²) in [6.07, 6.45) is 0.272. The molecule has 1 aromatic carbocycles. The molecule has 0 aromatic heterocycles. The fraction of sp³-hybridized carbons (Fsp3) is 0.222.